The third kappa shape index (κ3) is 2.85. The van der Waals surface area contributed by atoms with Crippen LogP contribution in [0, 0.1) is 0 Å². The summed E-state index contributed by atoms with van der Waals surface area (Å²) in [7, 11) is 0. The van der Waals surface area contributed by atoms with Crippen LogP contribution < -0.4 is 5.32 Å². The zero-order valence-electron chi connectivity index (χ0n) is 8.55. The van der Waals surface area contributed by atoms with Gasteiger partial charge in [0, 0.05) is 10.7 Å². The van der Waals surface area contributed by atoms with Crippen molar-refractivity contribution in [3.8, 4) is 0 Å². The van der Waals surface area contributed by atoms with Crippen molar-refractivity contribution in [3.05, 3.63) is 29.3 Å². The van der Waals surface area contributed by atoms with Crippen LogP contribution in [0.5, 0.6) is 0 Å². The second-order valence-electron chi connectivity index (χ2n) is 4.06. The van der Waals surface area contributed by atoms with Crippen LogP contribution in [0.4, 0.5) is 10.1 Å². The molecular weight excluding hydrogens is 213 g/mol. The van der Waals surface area contributed by atoms with Crippen LogP contribution in [-0.2, 0) is 0 Å². The van der Waals surface area contributed by atoms with Crippen molar-refractivity contribution in [2.75, 3.05) is 5.32 Å². The van der Waals surface area contributed by atoms with E-state index in [1.807, 2.05) is 24.3 Å². The van der Waals surface area contributed by atoms with E-state index in [1.165, 1.54) is 0 Å². The van der Waals surface area contributed by atoms with E-state index in [9.17, 15) is 4.39 Å². The average molecular weight is 228 g/mol. The van der Waals surface area contributed by atoms with Gasteiger partial charge in [0.25, 0.3) is 0 Å². The summed E-state index contributed by atoms with van der Waals surface area (Å²) in [6.07, 6.45) is 3.02. The van der Waals surface area contributed by atoms with Crippen molar-refractivity contribution >= 4 is 17.3 Å². The highest BCUT2D eigenvalue weighted by Crippen LogP contribution is 2.25. The number of halogens is 2. The lowest BCUT2D eigenvalue weighted by Gasteiger charge is -2.27. The van der Waals surface area contributed by atoms with Gasteiger partial charge < -0.3 is 5.32 Å². The molecule has 82 valence electrons. The van der Waals surface area contributed by atoms with Gasteiger partial charge in [0.2, 0.25) is 0 Å². The minimum Gasteiger partial charge on any atom is -0.379 e. The van der Waals surface area contributed by atoms with Crippen molar-refractivity contribution < 1.29 is 4.39 Å². The van der Waals surface area contributed by atoms with Crippen molar-refractivity contribution in [2.45, 2.75) is 37.9 Å². The smallest absolute Gasteiger partial charge is 0.120 e. The van der Waals surface area contributed by atoms with Gasteiger partial charge in [-0.1, -0.05) is 24.4 Å². The summed E-state index contributed by atoms with van der Waals surface area (Å²) >= 11 is 5.78. The minimum atomic E-state index is -0.713. The molecule has 0 bridgehead atoms. The maximum atomic E-state index is 13.5. The molecule has 0 aliphatic heterocycles. The maximum absolute atomic E-state index is 13.5. The fourth-order valence-electron chi connectivity index (χ4n) is 2.01. The van der Waals surface area contributed by atoms with Gasteiger partial charge in [0.1, 0.15) is 6.17 Å². The Kier molecular flexibility index (Phi) is 3.47. The SMILES string of the molecule is F[C@H]1CCCC[C@H]1Nc1ccc(Cl)cc1. The largest absolute Gasteiger partial charge is 0.379 e. The topological polar surface area (TPSA) is 12.0 Å². The second kappa shape index (κ2) is 4.84. The summed E-state index contributed by atoms with van der Waals surface area (Å²) in [5.41, 5.74) is 0.953. The van der Waals surface area contributed by atoms with E-state index in [4.69, 9.17) is 11.6 Å². The van der Waals surface area contributed by atoms with Gasteiger partial charge in [0.15, 0.2) is 0 Å². The number of benzene rings is 1. The molecule has 0 saturated heterocycles. The maximum Gasteiger partial charge on any atom is 0.120 e. The van der Waals surface area contributed by atoms with E-state index in [-0.39, 0.29) is 6.04 Å². The number of hydrogen-bond acceptors (Lipinski definition) is 1. The summed E-state index contributed by atoms with van der Waals surface area (Å²) in [6.45, 7) is 0. The molecule has 1 aromatic rings. The van der Waals surface area contributed by atoms with Crippen molar-refractivity contribution in [2.24, 2.45) is 0 Å². The fraction of sp³-hybridized carbons (Fsp3) is 0.500. The molecule has 1 aromatic carbocycles. The highest BCUT2D eigenvalue weighted by atomic mass is 35.5. The lowest BCUT2D eigenvalue weighted by molar-refractivity contribution is 0.230. The average Bonchev–Trinajstić information content (AvgIpc) is 2.25. The molecule has 1 fully saturated rings. The zero-order valence-corrected chi connectivity index (χ0v) is 9.30. The van der Waals surface area contributed by atoms with E-state index in [1.54, 1.807) is 0 Å². The van der Waals surface area contributed by atoms with E-state index >= 15 is 0 Å². The van der Waals surface area contributed by atoms with Crippen LogP contribution >= 0.6 is 11.6 Å². The number of alkyl halides is 1. The van der Waals surface area contributed by atoms with Crippen LogP contribution in [0.2, 0.25) is 5.02 Å². The first-order valence-electron chi connectivity index (χ1n) is 5.42. The first kappa shape index (κ1) is 10.7. The third-order valence-electron chi connectivity index (χ3n) is 2.88. The summed E-state index contributed by atoms with van der Waals surface area (Å²) < 4.78 is 13.5. The second-order valence-corrected chi connectivity index (χ2v) is 4.49. The number of hydrogen-bond donors (Lipinski definition) is 1. The third-order valence-corrected chi connectivity index (χ3v) is 3.13. The van der Waals surface area contributed by atoms with Gasteiger partial charge in [-0.25, -0.2) is 4.39 Å². The van der Waals surface area contributed by atoms with Gasteiger partial charge in [-0.15, -0.1) is 0 Å². The molecule has 0 radical (unpaired) electrons. The molecule has 0 aromatic heterocycles. The first-order chi connectivity index (χ1) is 7.25. The van der Waals surface area contributed by atoms with Crippen molar-refractivity contribution in [1.82, 2.24) is 0 Å². The van der Waals surface area contributed by atoms with Crippen LogP contribution in [0.25, 0.3) is 0 Å². The predicted octanol–water partition coefficient (Wildman–Crippen LogP) is 4.03. The Morgan fingerprint density at radius 2 is 1.80 bits per heavy atom. The molecule has 1 aliphatic rings. The monoisotopic (exact) mass is 227 g/mol. The molecule has 1 saturated carbocycles. The molecule has 0 unspecified atom stereocenters. The number of anilines is 1. The van der Waals surface area contributed by atoms with Gasteiger partial charge in [0.05, 0.1) is 6.04 Å². The highest BCUT2D eigenvalue weighted by Gasteiger charge is 2.24. The molecule has 3 heteroatoms. The molecule has 0 heterocycles. The lowest BCUT2D eigenvalue weighted by Crippen LogP contribution is -2.33. The Bertz CT molecular complexity index is 312. The molecule has 0 amide bonds. The number of nitrogens with one attached hydrogen (secondary N) is 1. The highest BCUT2D eigenvalue weighted by molar-refractivity contribution is 6.30. The Balaban J connectivity index is 1.98. The van der Waals surface area contributed by atoms with Gasteiger partial charge >= 0.3 is 0 Å². The Labute approximate surface area is 94.6 Å². The number of rotatable bonds is 2. The molecular formula is C12H15ClFN. The van der Waals surface area contributed by atoms with Crippen LogP contribution in [0.3, 0.4) is 0 Å². The van der Waals surface area contributed by atoms with E-state index in [0.717, 1.165) is 24.9 Å². The lowest BCUT2D eigenvalue weighted by atomic mass is 9.93. The standard InChI is InChI=1S/C12H15ClFN/c13-9-5-7-10(8-6-9)15-12-4-2-1-3-11(12)14/h5-8,11-12,15H,1-4H2/t11-,12+/m0/s1. The zero-order chi connectivity index (χ0) is 10.7. The van der Waals surface area contributed by atoms with Crippen LogP contribution in [0.1, 0.15) is 25.7 Å². The van der Waals surface area contributed by atoms with Gasteiger partial charge in [-0.3, -0.25) is 0 Å². The van der Waals surface area contributed by atoms with Crippen molar-refractivity contribution in [3.63, 3.8) is 0 Å². The Hall–Kier alpha value is -0.760. The normalized spacial score (nSPS) is 26.3. The summed E-state index contributed by atoms with van der Waals surface area (Å²) in [6, 6.07) is 7.40. The molecule has 1 N–H and O–H groups in total. The summed E-state index contributed by atoms with van der Waals surface area (Å²) in [5.74, 6) is 0. The molecule has 1 aliphatic carbocycles. The van der Waals surface area contributed by atoms with Gasteiger partial charge in [-0.2, -0.15) is 0 Å². The Morgan fingerprint density at radius 1 is 1.13 bits per heavy atom. The summed E-state index contributed by atoms with van der Waals surface area (Å²) in [5, 5.41) is 3.93. The molecule has 0 spiro atoms. The quantitative estimate of drug-likeness (QED) is 0.804. The molecule has 15 heavy (non-hydrogen) atoms. The first-order valence-corrected chi connectivity index (χ1v) is 5.80. The minimum absolute atomic E-state index is 0.0278. The predicted molar refractivity (Wildman–Crippen MR) is 62.2 cm³/mol. The van der Waals surface area contributed by atoms with Crippen LogP contribution in [-0.4, -0.2) is 12.2 Å². The van der Waals surface area contributed by atoms with Crippen molar-refractivity contribution in [1.29, 1.82) is 0 Å². The molecule has 1 nitrogen and oxygen atoms in total. The molecule has 2 atom stereocenters. The van der Waals surface area contributed by atoms with E-state index in [2.05, 4.69) is 5.32 Å². The van der Waals surface area contributed by atoms with Crippen LogP contribution in [0.15, 0.2) is 24.3 Å². The summed E-state index contributed by atoms with van der Waals surface area (Å²) in [4.78, 5) is 0. The fourth-order valence-corrected chi connectivity index (χ4v) is 2.13. The van der Waals surface area contributed by atoms with Gasteiger partial charge in [-0.05, 0) is 37.1 Å². The molecule has 2 rings (SSSR count). The Morgan fingerprint density at radius 3 is 2.47 bits per heavy atom. The van der Waals surface area contributed by atoms with E-state index < -0.39 is 6.17 Å². The van der Waals surface area contributed by atoms with E-state index in [0.29, 0.717) is 11.4 Å².